The molecule has 0 atom stereocenters. The fraction of sp³-hybridized carbons (Fsp3) is 0.923. The molecule has 0 fully saturated rings. The Labute approximate surface area is 94.4 Å². The van der Waals surface area contributed by atoms with E-state index < -0.39 is 0 Å². The van der Waals surface area contributed by atoms with Gasteiger partial charge >= 0.3 is 0 Å². The molecule has 15 heavy (non-hydrogen) atoms. The van der Waals surface area contributed by atoms with Gasteiger partial charge in [-0.25, -0.2) is 0 Å². The van der Waals surface area contributed by atoms with Gasteiger partial charge in [-0.1, -0.05) is 33.6 Å². The van der Waals surface area contributed by atoms with Crippen LogP contribution in [0.4, 0.5) is 0 Å². The van der Waals surface area contributed by atoms with Crippen LogP contribution < -0.4 is 0 Å². The van der Waals surface area contributed by atoms with Gasteiger partial charge in [0.1, 0.15) is 6.61 Å². The second kappa shape index (κ2) is 7.86. The zero-order chi connectivity index (χ0) is 11.7. The number of rotatable bonds is 9. The summed E-state index contributed by atoms with van der Waals surface area (Å²) in [5.74, 6) is 0.119. The molecule has 2 nitrogen and oxygen atoms in total. The second-order valence-electron chi connectivity index (χ2n) is 4.55. The maximum atomic E-state index is 10.8. The Bertz CT molecular complexity index is 169. The van der Waals surface area contributed by atoms with E-state index in [2.05, 4.69) is 20.8 Å². The van der Waals surface area contributed by atoms with Gasteiger partial charge in [-0.2, -0.15) is 0 Å². The molecule has 0 aliphatic carbocycles. The molecule has 0 aromatic carbocycles. The predicted octanol–water partition coefficient (Wildman–Crippen LogP) is 3.59. The standard InChI is InChI=1S/C13H26O2/c1-5-8-13(7-3,9-6-2)11-15-10-12(4)14/h5-11H2,1-4H3. The molecule has 0 unspecified atom stereocenters. The first kappa shape index (κ1) is 14.6. The summed E-state index contributed by atoms with van der Waals surface area (Å²) >= 11 is 0. The zero-order valence-corrected chi connectivity index (χ0v) is 10.8. The average Bonchev–Trinajstić information content (AvgIpc) is 2.17. The molecule has 0 aromatic rings. The molecule has 0 heterocycles. The molecule has 0 amide bonds. The molecular formula is C13H26O2. The van der Waals surface area contributed by atoms with E-state index in [0.29, 0.717) is 5.41 Å². The predicted molar refractivity (Wildman–Crippen MR) is 64.0 cm³/mol. The molecule has 0 bridgehead atoms. The third-order valence-electron chi connectivity index (χ3n) is 3.02. The van der Waals surface area contributed by atoms with Gasteiger partial charge in [0.15, 0.2) is 5.78 Å². The van der Waals surface area contributed by atoms with Crippen molar-refractivity contribution < 1.29 is 9.53 Å². The van der Waals surface area contributed by atoms with Crippen LogP contribution in [0.3, 0.4) is 0 Å². The van der Waals surface area contributed by atoms with Crippen LogP contribution in [-0.2, 0) is 9.53 Å². The summed E-state index contributed by atoms with van der Waals surface area (Å²) in [5, 5.41) is 0. The van der Waals surface area contributed by atoms with E-state index in [4.69, 9.17) is 4.74 Å². The van der Waals surface area contributed by atoms with Crippen molar-refractivity contribution in [3.63, 3.8) is 0 Å². The SMILES string of the molecule is CCCC(CC)(CCC)COCC(C)=O. The van der Waals surface area contributed by atoms with E-state index in [1.54, 1.807) is 6.92 Å². The molecule has 0 spiro atoms. The Morgan fingerprint density at radius 3 is 2.00 bits per heavy atom. The van der Waals surface area contributed by atoms with Crippen molar-refractivity contribution in [1.29, 1.82) is 0 Å². The minimum absolute atomic E-state index is 0.119. The highest BCUT2D eigenvalue weighted by atomic mass is 16.5. The van der Waals surface area contributed by atoms with Crippen LogP contribution >= 0.6 is 0 Å². The quantitative estimate of drug-likeness (QED) is 0.586. The fourth-order valence-electron chi connectivity index (χ4n) is 2.20. The third kappa shape index (κ3) is 5.93. The summed E-state index contributed by atoms with van der Waals surface area (Å²) in [4.78, 5) is 10.8. The maximum absolute atomic E-state index is 10.8. The zero-order valence-electron chi connectivity index (χ0n) is 10.8. The average molecular weight is 214 g/mol. The Morgan fingerprint density at radius 1 is 1.13 bits per heavy atom. The molecule has 0 aliphatic rings. The first-order chi connectivity index (χ1) is 7.10. The summed E-state index contributed by atoms with van der Waals surface area (Å²) in [7, 11) is 0. The second-order valence-corrected chi connectivity index (χ2v) is 4.55. The molecule has 0 saturated heterocycles. The summed E-state index contributed by atoms with van der Waals surface area (Å²) in [6.07, 6.45) is 5.94. The smallest absolute Gasteiger partial charge is 0.155 e. The van der Waals surface area contributed by atoms with Gasteiger partial charge in [0.05, 0.1) is 6.61 Å². The van der Waals surface area contributed by atoms with Gasteiger partial charge in [0.25, 0.3) is 0 Å². The lowest BCUT2D eigenvalue weighted by Gasteiger charge is -2.32. The highest BCUT2D eigenvalue weighted by molar-refractivity contribution is 5.76. The highest BCUT2D eigenvalue weighted by Gasteiger charge is 2.26. The number of hydrogen-bond donors (Lipinski definition) is 0. The number of Topliss-reactive ketones (excluding diaryl/α,β-unsaturated/α-hetero) is 1. The van der Waals surface area contributed by atoms with Crippen LogP contribution in [0.5, 0.6) is 0 Å². The summed E-state index contributed by atoms with van der Waals surface area (Å²) in [5.41, 5.74) is 0.305. The van der Waals surface area contributed by atoms with Crippen molar-refractivity contribution in [2.24, 2.45) is 5.41 Å². The van der Waals surface area contributed by atoms with Crippen molar-refractivity contribution in [1.82, 2.24) is 0 Å². The Morgan fingerprint density at radius 2 is 1.67 bits per heavy atom. The van der Waals surface area contributed by atoms with E-state index in [1.165, 1.54) is 25.7 Å². The first-order valence-electron chi connectivity index (χ1n) is 6.17. The van der Waals surface area contributed by atoms with Crippen LogP contribution in [0.1, 0.15) is 59.8 Å². The number of hydrogen-bond acceptors (Lipinski definition) is 2. The number of carbonyl (C=O) groups excluding carboxylic acids is 1. The van der Waals surface area contributed by atoms with E-state index >= 15 is 0 Å². The van der Waals surface area contributed by atoms with Crippen molar-refractivity contribution in [3.8, 4) is 0 Å². The number of ketones is 1. The monoisotopic (exact) mass is 214 g/mol. The lowest BCUT2D eigenvalue weighted by molar-refractivity contribution is -0.123. The molecule has 0 radical (unpaired) electrons. The largest absolute Gasteiger partial charge is 0.373 e. The summed E-state index contributed by atoms with van der Waals surface area (Å²) in [6, 6.07) is 0. The number of ether oxygens (including phenoxy) is 1. The topological polar surface area (TPSA) is 26.3 Å². The van der Waals surface area contributed by atoms with Crippen molar-refractivity contribution in [2.45, 2.75) is 59.8 Å². The molecule has 0 aliphatic heterocycles. The fourth-order valence-corrected chi connectivity index (χ4v) is 2.20. The van der Waals surface area contributed by atoms with E-state index in [9.17, 15) is 4.79 Å². The first-order valence-corrected chi connectivity index (χ1v) is 6.17. The Balaban J connectivity index is 4.13. The molecule has 2 heteroatoms. The molecular weight excluding hydrogens is 188 g/mol. The van der Waals surface area contributed by atoms with E-state index in [-0.39, 0.29) is 12.4 Å². The summed E-state index contributed by atoms with van der Waals surface area (Å²) in [6.45, 7) is 9.24. The third-order valence-corrected chi connectivity index (χ3v) is 3.02. The van der Waals surface area contributed by atoms with Crippen LogP contribution in [0.2, 0.25) is 0 Å². The highest BCUT2D eigenvalue weighted by Crippen LogP contribution is 2.33. The Hall–Kier alpha value is -0.370. The number of carbonyl (C=O) groups is 1. The molecule has 0 aromatic heterocycles. The van der Waals surface area contributed by atoms with Crippen molar-refractivity contribution in [2.75, 3.05) is 13.2 Å². The van der Waals surface area contributed by atoms with Gasteiger partial charge in [-0.05, 0) is 31.6 Å². The molecule has 0 N–H and O–H groups in total. The van der Waals surface area contributed by atoms with E-state index in [0.717, 1.165) is 13.0 Å². The van der Waals surface area contributed by atoms with Crippen molar-refractivity contribution >= 4 is 5.78 Å². The van der Waals surface area contributed by atoms with Gasteiger partial charge in [0.2, 0.25) is 0 Å². The van der Waals surface area contributed by atoms with Crippen LogP contribution in [0.25, 0.3) is 0 Å². The van der Waals surface area contributed by atoms with Gasteiger partial charge in [-0.3, -0.25) is 4.79 Å². The molecule has 0 rings (SSSR count). The van der Waals surface area contributed by atoms with Crippen LogP contribution in [-0.4, -0.2) is 19.0 Å². The van der Waals surface area contributed by atoms with Crippen LogP contribution in [0, 0.1) is 5.41 Å². The lowest BCUT2D eigenvalue weighted by Crippen LogP contribution is -2.27. The van der Waals surface area contributed by atoms with Crippen LogP contribution in [0.15, 0.2) is 0 Å². The normalized spacial score (nSPS) is 11.7. The maximum Gasteiger partial charge on any atom is 0.155 e. The lowest BCUT2D eigenvalue weighted by atomic mass is 9.78. The summed E-state index contributed by atoms with van der Waals surface area (Å²) < 4.78 is 5.51. The van der Waals surface area contributed by atoms with Crippen molar-refractivity contribution in [3.05, 3.63) is 0 Å². The minimum atomic E-state index is 0.119. The molecule has 0 saturated carbocycles. The van der Waals surface area contributed by atoms with Gasteiger partial charge in [0, 0.05) is 0 Å². The van der Waals surface area contributed by atoms with E-state index in [1.807, 2.05) is 0 Å². The van der Waals surface area contributed by atoms with Gasteiger partial charge < -0.3 is 4.74 Å². The Kier molecular flexibility index (Phi) is 7.67. The molecule has 90 valence electrons. The van der Waals surface area contributed by atoms with Gasteiger partial charge in [-0.15, -0.1) is 0 Å². The minimum Gasteiger partial charge on any atom is -0.373 e.